The number of aliphatic hydroxyl groups excluding tert-OH is 1. The fraction of sp³-hybridized carbons (Fsp3) is 0.500. The van der Waals surface area contributed by atoms with Crippen LogP contribution in [0.1, 0.15) is 17.5 Å². The second-order valence-corrected chi connectivity index (χ2v) is 4.75. The van der Waals surface area contributed by atoms with Gasteiger partial charge in [-0.05, 0) is 31.4 Å². The number of piperazine rings is 1. The highest BCUT2D eigenvalue weighted by Crippen LogP contribution is 2.28. The molecule has 1 aromatic rings. The SMILES string of the molecule is Cc1cccc(C)c1N1CCNC(=O)C1CCO. The lowest BCUT2D eigenvalue weighted by Crippen LogP contribution is -2.56. The van der Waals surface area contributed by atoms with Gasteiger partial charge in [-0.3, -0.25) is 4.79 Å². The van der Waals surface area contributed by atoms with E-state index in [1.165, 1.54) is 11.1 Å². The Kier molecular flexibility index (Phi) is 3.87. The topological polar surface area (TPSA) is 52.6 Å². The lowest BCUT2D eigenvalue weighted by atomic mass is 10.0. The predicted molar refractivity (Wildman–Crippen MR) is 71.8 cm³/mol. The number of nitrogens with zero attached hydrogens (tertiary/aromatic N) is 1. The molecule has 1 aliphatic heterocycles. The van der Waals surface area contributed by atoms with E-state index in [0.717, 1.165) is 12.2 Å². The average molecular weight is 248 g/mol. The van der Waals surface area contributed by atoms with Crippen LogP contribution in [-0.2, 0) is 4.79 Å². The van der Waals surface area contributed by atoms with Gasteiger partial charge in [-0.25, -0.2) is 0 Å². The number of hydrogen-bond acceptors (Lipinski definition) is 3. The Hall–Kier alpha value is -1.55. The molecule has 0 aliphatic carbocycles. The van der Waals surface area contributed by atoms with Crippen molar-refractivity contribution >= 4 is 11.6 Å². The van der Waals surface area contributed by atoms with Gasteiger partial charge < -0.3 is 15.3 Å². The number of rotatable bonds is 3. The molecule has 18 heavy (non-hydrogen) atoms. The lowest BCUT2D eigenvalue weighted by Gasteiger charge is -2.38. The van der Waals surface area contributed by atoms with Crippen molar-refractivity contribution in [2.75, 3.05) is 24.6 Å². The van der Waals surface area contributed by atoms with E-state index >= 15 is 0 Å². The Morgan fingerprint density at radius 2 is 2.06 bits per heavy atom. The van der Waals surface area contributed by atoms with E-state index in [2.05, 4.69) is 36.2 Å². The van der Waals surface area contributed by atoms with Gasteiger partial charge >= 0.3 is 0 Å². The van der Waals surface area contributed by atoms with E-state index < -0.39 is 0 Å². The number of amides is 1. The van der Waals surface area contributed by atoms with Crippen LogP contribution in [0.2, 0.25) is 0 Å². The number of carbonyl (C=O) groups excluding carboxylic acids is 1. The number of aliphatic hydroxyl groups is 1. The van der Waals surface area contributed by atoms with Crippen LogP contribution in [0, 0.1) is 13.8 Å². The summed E-state index contributed by atoms with van der Waals surface area (Å²) in [7, 11) is 0. The quantitative estimate of drug-likeness (QED) is 0.838. The maximum Gasteiger partial charge on any atom is 0.242 e. The molecule has 1 aliphatic rings. The Morgan fingerprint density at radius 1 is 1.39 bits per heavy atom. The first-order valence-corrected chi connectivity index (χ1v) is 6.36. The molecule has 0 bridgehead atoms. The molecule has 1 saturated heterocycles. The van der Waals surface area contributed by atoms with E-state index in [9.17, 15) is 4.79 Å². The van der Waals surface area contributed by atoms with Crippen LogP contribution in [0.3, 0.4) is 0 Å². The van der Waals surface area contributed by atoms with Crippen molar-refractivity contribution in [1.29, 1.82) is 0 Å². The summed E-state index contributed by atoms with van der Waals surface area (Å²) in [4.78, 5) is 14.1. The van der Waals surface area contributed by atoms with Crippen molar-refractivity contribution in [2.24, 2.45) is 0 Å². The van der Waals surface area contributed by atoms with E-state index in [0.29, 0.717) is 13.0 Å². The highest BCUT2D eigenvalue weighted by atomic mass is 16.3. The standard InChI is InChI=1S/C14H20N2O2/c1-10-4-3-5-11(2)13(10)16-8-7-15-14(18)12(16)6-9-17/h3-5,12,17H,6-9H2,1-2H3,(H,15,18). The molecule has 1 heterocycles. The highest BCUT2D eigenvalue weighted by molar-refractivity contribution is 5.87. The van der Waals surface area contributed by atoms with Crippen LogP contribution in [0.5, 0.6) is 0 Å². The van der Waals surface area contributed by atoms with Crippen molar-refractivity contribution in [3.05, 3.63) is 29.3 Å². The van der Waals surface area contributed by atoms with Crippen LogP contribution in [0.15, 0.2) is 18.2 Å². The lowest BCUT2D eigenvalue weighted by molar-refractivity contribution is -0.123. The summed E-state index contributed by atoms with van der Waals surface area (Å²) >= 11 is 0. The summed E-state index contributed by atoms with van der Waals surface area (Å²) in [6, 6.07) is 5.89. The van der Waals surface area contributed by atoms with Gasteiger partial charge in [0.15, 0.2) is 0 Å². The van der Waals surface area contributed by atoms with Gasteiger partial charge in [0.05, 0.1) is 0 Å². The number of para-hydroxylation sites is 1. The largest absolute Gasteiger partial charge is 0.396 e. The maximum absolute atomic E-state index is 11.9. The molecule has 4 nitrogen and oxygen atoms in total. The first kappa shape index (κ1) is 12.9. The third kappa shape index (κ3) is 2.34. The average Bonchev–Trinajstić information content (AvgIpc) is 2.33. The van der Waals surface area contributed by atoms with Gasteiger partial charge in [-0.2, -0.15) is 0 Å². The molecular weight excluding hydrogens is 228 g/mol. The second-order valence-electron chi connectivity index (χ2n) is 4.75. The van der Waals surface area contributed by atoms with Gasteiger partial charge in [-0.1, -0.05) is 18.2 Å². The maximum atomic E-state index is 11.9. The van der Waals surface area contributed by atoms with Gasteiger partial charge in [0, 0.05) is 25.4 Å². The number of benzene rings is 1. The molecule has 4 heteroatoms. The Bertz CT molecular complexity index is 425. The van der Waals surface area contributed by atoms with E-state index in [4.69, 9.17) is 5.11 Å². The smallest absolute Gasteiger partial charge is 0.242 e. The van der Waals surface area contributed by atoms with Crippen molar-refractivity contribution in [2.45, 2.75) is 26.3 Å². The molecule has 1 fully saturated rings. The zero-order valence-corrected chi connectivity index (χ0v) is 10.9. The third-order valence-electron chi connectivity index (χ3n) is 3.46. The van der Waals surface area contributed by atoms with Crippen LogP contribution >= 0.6 is 0 Å². The van der Waals surface area contributed by atoms with Gasteiger partial charge in [-0.15, -0.1) is 0 Å². The molecule has 2 rings (SSSR count). The Labute approximate surface area is 108 Å². The molecule has 2 N–H and O–H groups in total. The molecule has 98 valence electrons. The number of hydrogen-bond donors (Lipinski definition) is 2. The minimum Gasteiger partial charge on any atom is -0.396 e. The molecule has 1 amide bonds. The van der Waals surface area contributed by atoms with Crippen LogP contribution in [0.4, 0.5) is 5.69 Å². The molecule has 0 aromatic heterocycles. The second kappa shape index (κ2) is 5.40. The molecular formula is C14H20N2O2. The highest BCUT2D eigenvalue weighted by Gasteiger charge is 2.30. The first-order valence-electron chi connectivity index (χ1n) is 6.36. The van der Waals surface area contributed by atoms with Crippen molar-refractivity contribution in [3.8, 4) is 0 Å². The van der Waals surface area contributed by atoms with Gasteiger partial charge in [0.1, 0.15) is 6.04 Å². The molecule has 0 spiro atoms. The molecule has 0 radical (unpaired) electrons. The number of aryl methyl sites for hydroxylation is 2. The normalized spacial score (nSPS) is 19.8. The molecule has 1 unspecified atom stereocenters. The van der Waals surface area contributed by atoms with Gasteiger partial charge in [0.25, 0.3) is 0 Å². The number of carbonyl (C=O) groups is 1. The van der Waals surface area contributed by atoms with Crippen molar-refractivity contribution in [1.82, 2.24) is 5.32 Å². The third-order valence-corrected chi connectivity index (χ3v) is 3.46. The fourth-order valence-electron chi connectivity index (χ4n) is 2.65. The van der Waals surface area contributed by atoms with Crippen LogP contribution in [0.25, 0.3) is 0 Å². The van der Waals surface area contributed by atoms with Crippen molar-refractivity contribution < 1.29 is 9.90 Å². The molecule has 1 atom stereocenters. The monoisotopic (exact) mass is 248 g/mol. The summed E-state index contributed by atoms with van der Waals surface area (Å²) in [5, 5.41) is 12.0. The number of anilines is 1. The first-order chi connectivity index (χ1) is 8.65. The summed E-state index contributed by atoms with van der Waals surface area (Å²) in [6.45, 7) is 5.60. The summed E-state index contributed by atoms with van der Waals surface area (Å²) in [5.41, 5.74) is 3.48. The van der Waals surface area contributed by atoms with Gasteiger partial charge in [0.2, 0.25) is 5.91 Å². The minimum absolute atomic E-state index is 0.0120. The van der Waals surface area contributed by atoms with E-state index in [1.807, 2.05) is 6.07 Å². The number of nitrogens with one attached hydrogen (secondary N) is 1. The zero-order chi connectivity index (χ0) is 13.1. The van der Waals surface area contributed by atoms with Crippen LogP contribution in [-0.4, -0.2) is 36.8 Å². The summed E-state index contributed by atoms with van der Waals surface area (Å²) < 4.78 is 0. The Balaban J connectivity index is 2.37. The molecule has 0 saturated carbocycles. The minimum atomic E-state index is -0.261. The summed E-state index contributed by atoms with van der Waals surface area (Å²) in [6.07, 6.45) is 0.472. The van der Waals surface area contributed by atoms with Crippen LogP contribution < -0.4 is 10.2 Å². The molecule has 1 aromatic carbocycles. The van der Waals surface area contributed by atoms with E-state index in [1.54, 1.807) is 0 Å². The fourth-order valence-corrected chi connectivity index (χ4v) is 2.65. The summed E-state index contributed by atoms with van der Waals surface area (Å²) in [5.74, 6) is 0.0120. The Morgan fingerprint density at radius 3 is 2.67 bits per heavy atom. The van der Waals surface area contributed by atoms with Crippen molar-refractivity contribution in [3.63, 3.8) is 0 Å². The van der Waals surface area contributed by atoms with E-state index in [-0.39, 0.29) is 18.6 Å². The zero-order valence-electron chi connectivity index (χ0n) is 10.9. The predicted octanol–water partition coefficient (Wildman–Crippen LogP) is 0.991.